The molecule has 3 nitrogen and oxygen atoms in total. The lowest BCUT2D eigenvalue weighted by Gasteiger charge is -2.23. The van der Waals surface area contributed by atoms with Crippen LogP contribution in [0.5, 0.6) is 0 Å². The van der Waals surface area contributed by atoms with E-state index in [-0.39, 0.29) is 0 Å². The number of hydrogen-bond acceptors (Lipinski definition) is 4. The van der Waals surface area contributed by atoms with Crippen LogP contribution in [0.1, 0.15) is 44.0 Å². The SMILES string of the molecule is Cc1cc(C(C)C)nc(NC2CCCSC2)n1. The molecule has 1 aliphatic heterocycles. The van der Waals surface area contributed by atoms with Crippen LogP contribution in [0.2, 0.25) is 0 Å². The van der Waals surface area contributed by atoms with E-state index >= 15 is 0 Å². The fraction of sp³-hybridized carbons (Fsp3) is 0.692. The van der Waals surface area contributed by atoms with Crippen molar-refractivity contribution < 1.29 is 0 Å². The van der Waals surface area contributed by atoms with Crippen LogP contribution >= 0.6 is 11.8 Å². The van der Waals surface area contributed by atoms with E-state index < -0.39 is 0 Å². The van der Waals surface area contributed by atoms with Crippen LogP contribution in [0.15, 0.2) is 6.07 Å². The normalized spacial score (nSPS) is 20.6. The van der Waals surface area contributed by atoms with Crippen molar-refractivity contribution in [3.63, 3.8) is 0 Å². The highest BCUT2D eigenvalue weighted by Gasteiger charge is 2.15. The fourth-order valence-corrected chi connectivity index (χ4v) is 3.06. The zero-order valence-electron chi connectivity index (χ0n) is 10.9. The predicted octanol–water partition coefficient (Wildman–Crippen LogP) is 3.22. The largest absolute Gasteiger partial charge is 0.351 e. The molecule has 1 aliphatic rings. The first-order valence-corrected chi connectivity index (χ1v) is 7.50. The molecule has 94 valence electrons. The number of thioether (sulfide) groups is 1. The summed E-state index contributed by atoms with van der Waals surface area (Å²) in [4.78, 5) is 9.07. The summed E-state index contributed by atoms with van der Waals surface area (Å²) >= 11 is 2.02. The van der Waals surface area contributed by atoms with Gasteiger partial charge in [-0.3, -0.25) is 0 Å². The van der Waals surface area contributed by atoms with Crippen molar-refractivity contribution in [1.82, 2.24) is 9.97 Å². The van der Waals surface area contributed by atoms with Gasteiger partial charge < -0.3 is 5.32 Å². The fourth-order valence-electron chi connectivity index (χ4n) is 1.99. The minimum absolute atomic E-state index is 0.456. The summed E-state index contributed by atoms with van der Waals surface area (Å²) in [6.45, 7) is 6.37. The molecule has 1 atom stereocenters. The Hall–Kier alpha value is -0.770. The molecule has 1 saturated heterocycles. The van der Waals surface area contributed by atoms with Gasteiger partial charge in [0.15, 0.2) is 0 Å². The molecule has 1 aromatic heterocycles. The predicted molar refractivity (Wildman–Crippen MR) is 74.8 cm³/mol. The second-order valence-corrected chi connectivity index (χ2v) is 6.12. The maximum atomic E-state index is 4.60. The van der Waals surface area contributed by atoms with Crippen molar-refractivity contribution in [3.8, 4) is 0 Å². The molecule has 0 aromatic carbocycles. The smallest absolute Gasteiger partial charge is 0.223 e. The lowest BCUT2D eigenvalue weighted by molar-refractivity contribution is 0.675. The average Bonchev–Trinajstić information content (AvgIpc) is 2.29. The molecule has 2 rings (SSSR count). The lowest BCUT2D eigenvalue weighted by Crippen LogP contribution is -2.27. The van der Waals surface area contributed by atoms with Gasteiger partial charge in [-0.25, -0.2) is 9.97 Å². The third-order valence-electron chi connectivity index (χ3n) is 2.96. The van der Waals surface area contributed by atoms with E-state index in [2.05, 4.69) is 35.2 Å². The van der Waals surface area contributed by atoms with E-state index in [1.54, 1.807) is 0 Å². The van der Waals surface area contributed by atoms with Crippen molar-refractivity contribution in [2.45, 2.75) is 45.6 Å². The van der Waals surface area contributed by atoms with Crippen LogP contribution in [-0.4, -0.2) is 27.5 Å². The number of anilines is 1. The Morgan fingerprint density at radius 3 is 2.88 bits per heavy atom. The number of nitrogens with zero attached hydrogens (tertiary/aromatic N) is 2. The van der Waals surface area contributed by atoms with Gasteiger partial charge in [-0.05, 0) is 37.5 Å². The minimum atomic E-state index is 0.456. The summed E-state index contributed by atoms with van der Waals surface area (Å²) in [6.07, 6.45) is 2.53. The second kappa shape index (κ2) is 5.71. The van der Waals surface area contributed by atoms with Gasteiger partial charge in [0, 0.05) is 23.2 Å². The topological polar surface area (TPSA) is 37.8 Å². The van der Waals surface area contributed by atoms with Crippen LogP contribution in [0, 0.1) is 6.92 Å². The van der Waals surface area contributed by atoms with E-state index in [4.69, 9.17) is 0 Å². The van der Waals surface area contributed by atoms with Crippen LogP contribution in [0.4, 0.5) is 5.95 Å². The first-order chi connectivity index (χ1) is 8.15. The lowest BCUT2D eigenvalue weighted by atomic mass is 10.1. The van der Waals surface area contributed by atoms with Crippen molar-refractivity contribution >= 4 is 17.7 Å². The monoisotopic (exact) mass is 251 g/mol. The molecule has 17 heavy (non-hydrogen) atoms. The standard InChI is InChI=1S/C13H21N3S/c1-9(2)12-7-10(3)14-13(16-12)15-11-5-4-6-17-8-11/h7,9,11H,4-6,8H2,1-3H3,(H,14,15,16). The Bertz CT molecular complexity index is 373. The summed E-state index contributed by atoms with van der Waals surface area (Å²) in [6, 6.07) is 2.61. The molecule has 0 radical (unpaired) electrons. The summed E-state index contributed by atoms with van der Waals surface area (Å²) in [5.41, 5.74) is 2.18. The minimum Gasteiger partial charge on any atom is -0.351 e. The van der Waals surface area contributed by atoms with Gasteiger partial charge in [-0.15, -0.1) is 0 Å². The van der Waals surface area contributed by atoms with Gasteiger partial charge >= 0.3 is 0 Å². The molecule has 1 fully saturated rings. The van der Waals surface area contributed by atoms with Gasteiger partial charge in [-0.1, -0.05) is 13.8 Å². The van der Waals surface area contributed by atoms with E-state index in [0.29, 0.717) is 12.0 Å². The van der Waals surface area contributed by atoms with Crippen molar-refractivity contribution in [3.05, 3.63) is 17.5 Å². The molecule has 1 N–H and O–H groups in total. The Morgan fingerprint density at radius 2 is 2.24 bits per heavy atom. The highest BCUT2D eigenvalue weighted by molar-refractivity contribution is 7.99. The zero-order chi connectivity index (χ0) is 12.3. The Kier molecular flexibility index (Phi) is 4.26. The Morgan fingerprint density at radius 1 is 1.41 bits per heavy atom. The Labute approximate surface area is 108 Å². The maximum Gasteiger partial charge on any atom is 0.223 e. The Balaban J connectivity index is 2.09. The van der Waals surface area contributed by atoms with Crippen molar-refractivity contribution in [2.75, 3.05) is 16.8 Å². The summed E-state index contributed by atoms with van der Waals surface area (Å²) < 4.78 is 0. The van der Waals surface area contributed by atoms with Gasteiger partial charge in [-0.2, -0.15) is 11.8 Å². The number of aromatic nitrogens is 2. The highest BCUT2D eigenvalue weighted by atomic mass is 32.2. The molecule has 0 saturated carbocycles. The number of hydrogen-bond donors (Lipinski definition) is 1. The van der Waals surface area contributed by atoms with Crippen LogP contribution < -0.4 is 5.32 Å². The molecule has 4 heteroatoms. The molecule has 1 aromatic rings. The van der Waals surface area contributed by atoms with E-state index in [1.165, 1.54) is 24.3 Å². The third kappa shape index (κ3) is 3.60. The van der Waals surface area contributed by atoms with Gasteiger partial charge in [0.05, 0.1) is 0 Å². The van der Waals surface area contributed by atoms with Crippen LogP contribution in [0.25, 0.3) is 0 Å². The molecule has 0 spiro atoms. The molecule has 0 bridgehead atoms. The maximum absolute atomic E-state index is 4.60. The number of rotatable bonds is 3. The second-order valence-electron chi connectivity index (χ2n) is 4.97. The van der Waals surface area contributed by atoms with Crippen LogP contribution in [-0.2, 0) is 0 Å². The van der Waals surface area contributed by atoms with Crippen molar-refractivity contribution in [1.29, 1.82) is 0 Å². The molecular formula is C13H21N3S. The van der Waals surface area contributed by atoms with Gasteiger partial charge in [0.2, 0.25) is 5.95 Å². The van der Waals surface area contributed by atoms with E-state index in [0.717, 1.165) is 17.3 Å². The van der Waals surface area contributed by atoms with E-state index in [1.807, 2.05) is 18.7 Å². The quantitative estimate of drug-likeness (QED) is 0.895. The molecule has 1 unspecified atom stereocenters. The van der Waals surface area contributed by atoms with Gasteiger partial charge in [0.25, 0.3) is 0 Å². The van der Waals surface area contributed by atoms with Gasteiger partial charge in [0.1, 0.15) is 0 Å². The zero-order valence-corrected chi connectivity index (χ0v) is 11.7. The van der Waals surface area contributed by atoms with Crippen LogP contribution in [0.3, 0.4) is 0 Å². The molecular weight excluding hydrogens is 230 g/mol. The summed E-state index contributed by atoms with van der Waals surface area (Å²) in [7, 11) is 0. The molecule has 0 aliphatic carbocycles. The summed E-state index contributed by atoms with van der Waals surface area (Å²) in [5, 5.41) is 3.47. The molecule has 2 heterocycles. The number of aryl methyl sites for hydroxylation is 1. The van der Waals surface area contributed by atoms with Crippen molar-refractivity contribution in [2.24, 2.45) is 0 Å². The first-order valence-electron chi connectivity index (χ1n) is 6.35. The number of nitrogens with one attached hydrogen (secondary N) is 1. The molecule has 0 amide bonds. The third-order valence-corrected chi connectivity index (χ3v) is 4.17. The summed E-state index contributed by atoms with van der Waals surface area (Å²) in [5.74, 6) is 3.73. The average molecular weight is 251 g/mol. The van der Waals surface area contributed by atoms with E-state index in [9.17, 15) is 0 Å². The first kappa shape index (κ1) is 12.7. The highest BCUT2D eigenvalue weighted by Crippen LogP contribution is 2.20.